The van der Waals surface area contributed by atoms with Crippen molar-refractivity contribution in [2.24, 2.45) is 0 Å². The Balaban J connectivity index is 2.12. The van der Waals surface area contributed by atoms with Crippen LogP contribution in [-0.2, 0) is 4.74 Å². The molecule has 0 radical (unpaired) electrons. The van der Waals surface area contributed by atoms with Crippen LogP contribution in [0.1, 0.15) is 25.5 Å². The van der Waals surface area contributed by atoms with Crippen molar-refractivity contribution >= 4 is 11.3 Å². The number of ether oxygens (including phenoxy) is 1. The lowest BCUT2D eigenvalue weighted by molar-refractivity contribution is -0.0518. The van der Waals surface area contributed by atoms with Crippen LogP contribution in [0.4, 0.5) is 0 Å². The van der Waals surface area contributed by atoms with Gasteiger partial charge in [-0.05, 0) is 36.2 Å². The molecule has 3 heteroatoms. The standard InChI is InChI=1S/C10H15NOS/c1-7-5-11-8(2)10(12-7)9-3-4-13-6-9/h3-4,6-8,10-11H,5H2,1-2H3. The minimum Gasteiger partial charge on any atom is -0.368 e. The van der Waals surface area contributed by atoms with Crippen molar-refractivity contribution in [2.75, 3.05) is 6.54 Å². The Bertz CT molecular complexity index is 260. The summed E-state index contributed by atoms with van der Waals surface area (Å²) in [6.45, 7) is 5.24. The van der Waals surface area contributed by atoms with Crippen molar-refractivity contribution < 1.29 is 4.74 Å². The van der Waals surface area contributed by atoms with Crippen LogP contribution in [0.25, 0.3) is 0 Å². The molecular formula is C10H15NOS. The third kappa shape index (κ3) is 1.93. The van der Waals surface area contributed by atoms with Crippen LogP contribution in [0, 0.1) is 0 Å². The Morgan fingerprint density at radius 3 is 3.08 bits per heavy atom. The predicted molar refractivity (Wildman–Crippen MR) is 55.1 cm³/mol. The van der Waals surface area contributed by atoms with E-state index in [2.05, 4.69) is 36.0 Å². The van der Waals surface area contributed by atoms with Gasteiger partial charge in [0.05, 0.1) is 12.2 Å². The molecule has 1 aliphatic rings. The molecular weight excluding hydrogens is 182 g/mol. The highest BCUT2D eigenvalue weighted by atomic mass is 32.1. The van der Waals surface area contributed by atoms with Crippen molar-refractivity contribution in [3.8, 4) is 0 Å². The van der Waals surface area contributed by atoms with E-state index in [-0.39, 0.29) is 6.10 Å². The molecule has 2 nitrogen and oxygen atoms in total. The average molecular weight is 197 g/mol. The summed E-state index contributed by atoms with van der Waals surface area (Å²) in [6, 6.07) is 2.57. The molecule has 1 saturated heterocycles. The van der Waals surface area contributed by atoms with Gasteiger partial charge in [-0.25, -0.2) is 0 Å². The first-order chi connectivity index (χ1) is 6.27. The van der Waals surface area contributed by atoms with Crippen LogP contribution in [0.5, 0.6) is 0 Å². The molecule has 1 fully saturated rings. The lowest BCUT2D eigenvalue weighted by atomic mass is 10.0. The van der Waals surface area contributed by atoms with E-state index in [1.807, 2.05) is 0 Å². The van der Waals surface area contributed by atoms with Crippen LogP contribution in [0.3, 0.4) is 0 Å². The van der Waals surface area contributed by atoms with Crippen molar-refractivity contribution in [1.29, 1.82) is 0 Å². The molecule has 1 aliphatic heterocycles. The lowest BCUT2D eigenvalue weighted by Gasteiger charge is -2.34. The number of hydrogen-bond donors (Lipinski definition) is 1. The highest BCUT2D eigenvalue weighted by molar-refractivity contribution is 7.07. The Morgan fingerprint density at radius 2 is 2.38 bits per heavy atom. The second-order valence-electron chi connectivity index (χ2n) is 3.62. The number of hydrogen-bond acceptors (Lipinski definition) is 3. The summed E-state index contributed by atoms with van der Waals surface area (Å²) in [6.07, 6.45) is 0.552. The number of thiophene rings is 1. The van der Waals surface area contributed by atoms with E-state index in [1.54, 1.807) is 11.3 Å². The fourth-order valence-corrected chi connectivity index (χ4v) is 2.36. The molecule has 1 N–H and O–H groups in total. The maximum absolute atomic E-state index is 5.89. The zero-order valence-corrected chi connectivity index (χ0v) is 8.80. The molecule has 3 unspecified atom stereocenters. The van der Waals surface area contributed by atoms with Crippen molar-refractivity contribution in [1.82, 2.24) is 5.32 Å². The Hall–Kier alpha value is -0.380. The molecule has 72 valence electrons. The van der Waals surface area contributed by atoms with Gasteiger partial charge in [0.1, 0.15) is 0 Å². The molecule has 2 rings (SSSR count). The summed E-state index contributed by atoms with van der Waals surface area (Å²) in [5, 5.41) is 7.72. The van der Waals surface area contributed by atoms with Gasteiger partial charge in [0.25, 0.3) is 0 Å². The Kier molecular flexibility index (Phi) is 2.67. The third-order valence-corrected chi connectivity index (χ3v) is 3.13. The normalized spacial score (nSPS) is 34.8. The van der Waals surface area contributed by atoms with E-state index in [1.165, 1.54) is 5.56 Å². The Labute approximate surface area is 82.9 Å². The van der Waals surface area contributed by atoms with Crippen LogP contribution >= 0.6 is 11.3 Å². The van der Waals surface area contributed by atoms with E-state index in [4.69, 9.17) is 4.74 Å². The van der Waals surface area contributed by atoms with Gasteiger partial charge in [-0.1, -0.05) is 0 Å². The van der Waals surface area contributed by atoms with E-state index >= 15 is 0 Å². The Morgan fingerprint density at radius 1 is 1.54 bits per heavy atom. The van der Waals surface area contributed by atoms with Crippen LogP contribution in [-0.4, -0.2) is 18.7 Å². The molecule has 0 amide bonds. The second-order valence-corrected chi connectivity index (χ2v) is 4.40. The molecule has 1 aromatic rings. The summed E-state index contributed by atoms with van der Waals surface area (Å²) in [4.78, 5) is 0. The van der Waals surface area contributed by atoms with Crippen molar-refractivity contribution in [2.45, 2.75) is 32.1 Å². The maximum atomic E-state index is 5.89. The minimum absolute atomic E-state index is 0.231. The second kappa shape index (κ2) is 3.78. The van der Waals surface area contributed by atoms with Gasteiger partial charge in [-0.2, -0.15) is 11.3 Å². The van der Waals surface area contributed by atoms with Gasteiger partial charge in [-0.15, -0.1) is 0 Å². The van der Waals surface area contributed by atoms with Crippen LogP contribution in [0.15, 0.2) is 16.8 Å². The molecule has 13 heavy (non-hydrogen) atoms. The van der Waals surface area contributed by atoms with E-state index in [0.717, 1.165) is 6.54 Å². The van der Waals surface area contributed by atoms with Gasteiger partial charge in [-0.3, -0.25) is 0 Å². The molecule has 0 bridgehead atoms. The summed E-state index contributed by atoms with van der Waals surface area (Å²) >= 11 is 1.73. The first-order valence-corrected chi connectivity index (χ1v) is 5.62. The molecule has 0 saturated carbocycles. The lowest BCUT2D eigenvalue weighted by Crippen LogP contribution is -2.45. The fourth-order valence-electron chi connectivity index (χ4n) is 1.68. The monoisotopic (exact) mass is 197 g/mol. The van der Waals surface area contributed by atoms with Gasteiger partial charge >= 0.3 is 0 Å². The highest BCUT2D eigenvalue weighted by Crippen LogP contribution is 2.27. The molecule has 1 aromatic heterocycles. The summed E-state index contributed by atoms with van der Waals surface area (Å²) < 4.78 is 5.89. The number of nitrogens with one attached hydrogen (secondary N) is 1. The zero-order chi connectivity index (χ0) is 9.26. The van der Waals surface area contributed by atoms with Gasteiger partial charge in [0.2, 0.25) is 0 Å². The van der Waals surface area contributed by atoms with E-state index < -0.39 is 0 Å². The van der Waals surface area contributed by atoms with Crippen molar-refractivity contribution in [3.63, 3.8) is 0 Å². The van der Waals surface area contributed by atoms with Gasteiger partial charge < -0.3 is 10.1 Å². The minimum atomic E-state index is 0.231. The van der Waals surface area contributed by atoms with Gasteiger partial charge in [0, 0.05) is 12.6 Å². The third-order valence-electron chi connectivity index (χ3n) is 2.43. The molecule has 0 aromatic carbocycles. The zero-order valence-electron chi connectivity index (χ0n) is 7.99. The summed E-state index contributed by atoms with van der Waals surface area (Å²) in [5.74, 6) is 0. The predicted octanol–water partition coefficient (Wildman–Crippen LogP) is 2.19. The van der Waals surface area contributed by atoms with Crippen LogP contribution < -0.4 is 5.32 Å². The van der Waals surface area contributed by atoms with Crippen molar-refractivity contribution in [3.05, 3.63) is 22.4 Å². The molecule has 3 atom stereocenters. The summed E-state index contributed by atoms with van der Waals surface area (Å²) in [7, 11) is 0. The number of morpholine rings is 1. The largest absolute Gasteiger partial charge is 0.368 e. The average Bonchev–Trinajstić information content (AvgIpc) is 2.61. The summed E-state index contributed by atoms with van der Waals surface area (Å²) in [5.41, 5.74) is 1.30. The quantitative estimate of drug-likeness (QED) is 0.745. The molecule has 0 spiro atoms. The van der Waals surface area contributed by atoms with E-state index in [9.17, 15) is 0 Å². The first kappa shape index (κ1) is 9.19. The van der Waals surface area contributed by atoms with E-state index in [0.29, 0.717) is 12.1 Å². The smallest absolute Gasteiger partial charge is 0.0987 e. The highest BCUT2D eigenvalue weighted by Gasteiger charge is 2.26. The molecule has 2 heterocycles. The first-order valence-electron chi connectivity index (χ1n) is 4.68. The molecule has 0 aliphatic carbocycles. The topological polar surface area (TPSA) is 21.3 Å². The van der Waals surface area contributed by atoms with Gasteiger partial charge in [0.15, 0.2) is 0 Å². The fraction of sp³-hybridized carbons (Fsp3) is 0.600. The number of rotatable bonds is 1. The SMILES string of the molecule is CC1CNC(C)C(c2ccsc2)O1. The maximum Gasteiger partial charge on any atom is 0.0987 e. The van der Waals surface area contributed by atoms with Crippen LogP contribution in [0.2, 0.25) is 0 Å².